The lowest BCUT2D eigenvalue weighted by Crippen LogP contribution is -2.45. The standard InChI is InChI=1S/C66H127NO5/c1-3-5-7-9-11-13-15-16-17-34-37-40-44-48-52-56-60-66(71)72-61-57-53-49-45-41-38-35-32-30-28-26-24-22-20-18-19-21-23-25-27-29-31-33-36-39-43-47-51-55-59-65(70)67-63(62-68)64(69)58-54-50-46-42-14-12-10-8-6-4-2/h17,34,54,58,63-64,68-69H,3-16,18-33,35-53,55-57,59-62H2,1-2H3,(H,67,70)/b34-17-,58-54+. The molecule has 2 unspecified atom stereocenters. The second kappa shape index (κ2) is 61.9. The van der Waals surface area contributed by atoms with Crippen LogP contribution in [0.25, 0.3) is 0 Å². The number of hydrogen-bond acceptors (Lipinski definition) is 5. The summed E-state index contributed by atoms with van der Waals surface area (Å²) in [6.07, 6.45) is 76.8. The molecule has 3 N–H and O–H groups in total. The van der Waals surface area contributed by atoms with Crippen molar-refractivity contribution in [1.82, 2.24) is 5.32 Å². The van der Waals surface area contributed by atoms with Crippen molar-refractivity contribution in [2.75, 3.05) is 13.2 Å². The van der Waals surface area contributed by atoms with Crippen molar-refractivity contribution in [3.63, 3.8) is 0 Å². The monoisotopic (exact) mass is 1010 g/mol. The maximum Gasteiger partial charge on any atom is 0.305 e. The summed E-state index contributed by atoms with van der Waals surface area (Å²) in [7, 11) is 0. The van der Waals surface area contributed by atoms with Crippen molar-refractivity contribution in [3.8, 4) is 0 Å². The minimum atomic E-state index is -0.839. The second-order valence-electron chi connectivity index (χ2n) is 22.5. The van der Waals surface area contributed by atoms with E-state index in [1.807, 2.05) is 6.08 Å². The van der Waals surface area contributed by atoms with E-state index in [0.29, 0.717) is 19.4 Å². The van der Waals surface area contributed by atoms with Gasteiger partial charge in [0.2, 0.25) is 5.91 Å². The van der Waals surface area contributed by atoms with Crippen molar-refractivity contribution < 1.29 is 24.5 Å². The highest BCUT2D eigenvalue weighted by molar-refractivity contribution is 5.76. The first-order valence-corrected chi connectivity index (χ1v) is 32.6. The van der Waals surface area contributed by atoms with Crippen molar-refractivity contribution in [2.45, 2.75) is 373 Å². The van der Waals surface area contributed by atoms with Gasteiger partial charge in [0.25, 0.3) is 0 Å². The van der Waals surface area contributed by atoms with Gasteiger partial charge in [0.1, 0.15) is 0 Å². The van der Waals surface area contributed by atoms with Gasteiger partial charge in [-0.25, -0.2) is 0 Å². The van der Waals surface area contributed by atoms with E-state index >= 15 is 0 Å². The number of aliphatic hydroxyl groups excluding tert-OH is 2. The molecule has 6 heteroatoms. The van der Waals surface area contributed by atoms with E-state index in [1.54, 1.807) is 6.08 Å². The lowest BCUT2D eigenvalue weighted by atomic mass is 10.0. The van der Waals surface area contributed by atoms with Crippen molar-refractivity contribution in [3.05, 3.63) is 24.3 Å². The zero-order valence-electron chi connectivity index (χ0n) is 48.7. The first kappa shape index (κ1) is 70.3. The van der Waals surface area contributed by atoms with Gasteiger partial charge in [-0.1, -0.05) is 314 Å². The lowest BCUT2D eigenvalue weighted by Gasteiger charge is -2.20. The van der Waals surface area contributed by atoms with Crippen LogP contribution < -0.4 is 5.32 Å². The third kappa shape index (κ3) is 57.6. The second-order valence-corrected chi connectivity index (χ2v) is 22.5. The van der Waals surface area contributed by atoms with Crippen LogP contribution in [0.4, 0.5) is 0 Å². The summed E-state index contributed by atoms with van der Waals surface area (Å²) in [6, 6.07) is -0.623. The van der Waals surface area contributed by atoms with Gasteiger partial charge in [0.15, 0.2) is 0 Å². The highest BCUT2D eigenvalue weighted by atomic mass is 16.5. The molecule has 6 nitrogen and oxygen atoms in total. The van der Waals surface area contributed by atoms with Crippen molar-refractivity contribution in [1.29, 1.82) is 0 Å². The number of esters is 1. The summed E-state index contributed by atoms with van der Waals surface area (Å²) >= 11 is 0. The average Bonchev–Trinajstić information content (AvgIpc) is 3.38. The first-order chi connectivity index (χ1) is 35.5. The molecule has 0 aliphatic carbocycles. The van der Waals surface area contributed by atoms with E-state index in [-0.39, 0.29) is 18.5 Å². The van der Waals surface area contributed by atoms with Crippen LogP contribution in [-0.2, 0) is 14.3 Å². The molecule has 0 spiro atoms. The van der Waals surface area contributed by atoms with Gasteiger partial charge in [0, 0.05) is 12.8 Å². The number of carbonyl (C=O) groups is 2. The number of unbranched alkanes of at least 4 members (excludes halogenated alkanes) is 48. The Morgan fingerprint density at radius 2 is 0.653 bits per heavy atom. The van der Waals surface area contributed by atoms with Gasteiger partial charge in [-0.05, 0) is 57.8 Å². The summed E-state index contributed by atoms with van der Waals surface area (Å²) in [5, 5.41) is 23.0. The fraction of sp³-hybridized carbons (Fsp3) is 0.909. The third-order valence-electron chi connectivity index (χ3n) is 15.2. The van der Waals surface area contributed by atoms with E-state index in [9.17, 15) is 19.8 Å². The van der Waals surface area contributed by atoms with Crippen molar-refractivity contribution in [2.24, 2.45) is 0 Å². The number of nitrogens with one attached hydrogen (secondary N) is 1. The molecule has 0 bridgehead atoms. The maximum atomic E-state index is 12.4. The van der Waals surface area contributed by atoms with Crippen LogP contribution in [-0.4, -0.2) is 47.4 Å². The summed E-state index contributed by atoms with van der Waals surface area (Å²) < 4.78 is 5.49. The fourth-order valence-electron chi connectivity index (χ4n) is 10.2. The largest absolute Gasteiger partial charge is 0.466 e. The fourth-order valence-corrected chi connectivity index (χ4v) is 10.2. The summed E-state index contributed by atoms with van der Waals surface area (Å²) in [5.41, 5.74) is 0. The van der Waals surface area contributed by atoms with Crippen LogP contribution in [0, 0.1) is 0 Å². The van der Waals surface area contributed by atoms with E-state index in [4.69, 9.17) is 4.74 Å². The van der Waals surface area contributed by atoms with Crippen LogP contribution in [0.1, 0.15) is 361 Å². The summed E-state index contributed by atoms with van der Waals surface area (Å²) in [6.45, 7) is 4.90. The van der Waals surface area contributed by atoms with E-state index in [2.05, 4.69) is 31.3 Å². The third-order valence-corrected chi connectivity index (χ3v) is 15.2. The molecular formula is C66H127NO5. The molecule has 0 saturated carbocycles. The van der Waals surface area contributed by atoms with Gasteiger partial charge in [-0.15, -0.1) is 0 Å². The zero-order chi connectivity index (χ0) is 52.2. The normalized spacial score (nSPS) is 12.7. The molecule has 2 atom stereocenters. The van der Waals surface area contributed by atoms with E-state index in [1.165, 1.54) is 289 Å². The molecule has 0 heterocycles. The zero-order valence-corrected chi connectivity index (χ0v) is 48.7. The molecule has 0 aromatic carbocycles. The average molecular weight is 1010 g/mol. The molecule has 0 aromatic rings. The topological polar surface area (TPSA) is 95.9 Å². The number of rotatable bonds is 61. The minimum Gasteiger partial charge on any atom is -0.466 e. The molecule has 1 amide bonds. The number of carbonyl (C=O) groups excluding carboxylic acids is 2. The molecule has 0 saturated heterocycles. The molecule has 0 fully saturated rings. The van der Waals surface area contributed by atoms with E-state index in [0.717, 1.165) is 44.9 Å². The number of hydrogen-bond donors (Lipinski definition) is 3. The number of allylic oxidation sites excluding steroid dienone is 3. The Morgan fingerprint density at radius 3 is 0.986 bits per heavy atom. The number of aliphatic hydroxyl groups is 2. The molecule has 0 aliphatic rings. The molecule has 426 valence electrons. The maximum absolute atomic E-state index is 12.4. The van der Waals surface area contributed by atoms with Crippen LogP contribution in [0.2, 0.25) is 0 Å². The Balaban J connectivity index is 3.32. The molecular weight excluding hydrogens is 887 g/mol. The van der Waals surface area contributed by atoms with Gasteiger partial charge in [-0.2, -0.15) is 0 Å². The van der Waals surface area contributed by atoms with Gasteiger partial charge >= 0.3 is 5.97 Å². The molecule has 0 rings (SSSR count). The molecule has 0 radical (unpaired) electrons. The molecule has 0 aliphatic heterocycles. The Bertz CT molecular complexity index is 1120. The summed E-state index contributed by atoms with van der Waals surface area (Å²) in [4.78, 5) is 24.5. The van der Waals surface area contributed by atoms with Gasteiger partial charge in [-0.3, -0.25) is 9.59 Å². The van der Waals surface area contributed by atoms with Crippen LogP contribution >= 0.6 is 0 Å². The van der Waals surface area contributed by atoms with E-state index < -0.39 is 12.1 Å². The van der Waals surface area contributed by atoms with Crippen LogP contribution in [0.15, 0.2) is 24.3 Å². The predicted molar refractivity (Wildman–Crippen MR) is 315 cm³/mol. The SMILES string of the molecule is CCCCCCCCC/C=C\CCCCCCCC(=O)OCCCCCCCCCCCCCCCCCCCCCCCCCCCCCCCC(=O)NC(CO)C(O)/C=C/CCCCCCCCCC. The summed E-state index contributed by atoms with van der Waals surface area (Å²) in [5.74, 6) is -0.0532. The number of ether oxygens (including phenoxy) is 1. The predicted octanol–water partition coefficient (Wildman–Crippen LogP) is 20.6. The van der Waals surface area contributed by atoms with Crippen LogP contribution in [0.5, 0.6) is 0 Å². The van der Waals surface area contributed by atoms with Gasteiger partial charge < -0.3 is 20.3 Å². The number of amides is 1. The van der Waals surface area contributed by atoms with Crippen LogP contribution in [0.3, 0.4) is 0 Å². The lowest BCUT2D eigenvalue weighted by molar-refractivity contribution is -0.143. The van der Waals surface area contributed by atoms with Crippen molar-refractivity contribution >= 4 is 11.9 Å². The Kier molecular flexibility index (Phi) is 60.5. The Hall–Kier alpha value is -1.66. The Morgan fingerprint density at radius 1 is 0.375 bits per heavy atom. The molecule has 72 heavy (non-hydrogen) atoms. The Labute approximate surface area is 450 Å². The highest BCUT2D eigenvalue weighted by Crippen LogP contribution is 2.18. The highest BCUT2D eigenvalue weighted by Gasteiger charge is 2.18. The van der Waals surface area contributed by atoms with Gasteiger partial charge in [0.05, 0.1) is 25.4 Å². The quantitative estimate of drug-likeness (QED) is 0.0320. The molecule has 0 aromatic heterocycles. The minimum absolute atomic E-state index is 0.0120. The first-order valence-electron chi connectivity index (χ1n) is 32.6. The smallest absolute Gasteiger partial charge is 0.305 e.